The first-order valence-electron chi connectivity index (χ1n) is 4.26. The summed E-state index contributed by atoms with van der Waals surface area (Å²) >= 11 is 5.19. The van der Waals surface area contributed by atoms with Crippen LogP contribution >= 0.6 is 27.7 Å². The van der Waals surface area contributed by atoms with Crippen molar-refractivity contribution in [2.45, 2.75) is 25.3 Å². The monoisotopic (exact) mass is 251 g/mol. The Bertz CT molecular complexity index is 148. The fraction of sp³-hybridized carbons (Fsp3) is 0.875. The van der Waals surface area contributed by atoms with E-state index in [1.807, 2.05) is 11.8 Å². The second kappa shape index (κ2) is 5.86. The quantitative estimate of drug-likeness (QED) is 0.776. The highest BCUT2D eigenvalue weighted by Gasteiger charge is 2.14. The van der Waals surface area contributed by atoms with Crippen molar-refractivity contribution in [3.63, 3.8) is 0 Å². The van der Waals surface area contributed by atoms with Crippen LogP contribution in [0.5, 0.6) is 0 Å². The zero-order valence-electron chi connectivity index (χ0n) is 7.01. The highest BCUT2D eigenvalue weighted by molar-refractivity contribution is 9.09. The van der Waals surface area contributed by atoms with Crippen molar-refractivity contribution < 1.29 is 4.79 Å². The minimum atomic E-state index is 0.180. The Labute approximate surface area is 86.0 Å². The minimum absolute atomic E-state index is 0.180. The normalized spacial score (nSPS) is 23.6. The summed E-state index contributed by atoms with van der Waals surface area (Å²) in [4.78, 5) is 11.2. The van der Waals surface area contributed by atoms with Crippen LogP contribution in [0, 0.1) is 0 Å². The van der Waals surface area contributed by atoms with Gasteiger partial charge >= 0.3 is 0 Å². The van der Waals surface area contributed by atoms with Crippen LogP contribution in [0.15, 0.2) is 0 Å². The standard InChI is InChI=1S/C8H14BrNOS/c9-4-3-8(11)10-7-2-1-5-12-6-7/h7H,1-6H2,(H,10,11). The van der Waals surface area contributed by atoms with E-state index in [9.17, 15) is 4.79 Å². The maximum absolute atomic E-state index is 11.2. The molecule has 1 fully saturated rings. The first-order chi connectivity index (χ1) is 5.83. The summed E-state index contributed by atoms with van der Waals surface area (Å²) in [5.41, 5.74) is 0. The van der Waals surface area contributed by atoms with E-state index >= 15 is 0 Å². The number of hydrogen-bond acceptors (Lipinski definition) is 2. The molecule has 1 N–H and O–H groups in total. The van der Waals surface area contributed by atoms with Crippen LogP contribution in [0.25, 0.3) is 0 Å². The SMILES string of the molecule is O=C(CCBr)NC1CCCSC1. The lowest BCUT2D eigenvalue weighted by Crippen LogP contribution is -2.38. The number of amides is 1. The molecule has 2 nitrogen and oxygen atoms in total. The van der Waals surface area contributed by atoms with Crippen molar-refractivity contribution in [3.05, 3.63) is 0 Å². The van der Waals surface area contributed by atoms with Gasteiger partial charge in [-0.3, -0.25) is 4.79 Å². The summed E-state index contributed by atoms with van der Waals surface area (Å²) < 4.78 is 0. The number of halogens is 1. The topological polar surface area (TPSA) is 29.1 Å². The van der Waals surface area contributed by atoms with Gasteiger partial charge in [-0.2, -0.15) is 11.8 Å². The van der Waals surface area contributed by atoms with Gasteiger partial charge in [0.25, 0.3) is 0 Å². The smallest absolute Gasteiger partial charge is 0.221 e. The number of nitrogens with one attached hydrogen (secondary N) is 1. The number of alkyl halides is 1. The molecule has 1 rings (SSSR count). The highest BCUT2D eigenvalue weighted by atomic mass is 79.9. The molecule has 4 heteroatoms. The zero-order chi connectivity index (χ0) is 8.81. The van der Waals surface area contributed by atoms with Crippen molar-refractivity contribution >= 4 is 33.6 Å². The van der Waals surface area contributed by atoms with Gasteiger partial charge in [-0.15, -0.1) is 0 Å². The van der Waals surface area contributed by atoms with Gasteiger partial charge in [0.05, 0.1) is 0 Å². The van der Waals surface area contributed by atoms with E-state index in [1.165, 1.54) is 12.2 Å². The summed E-state index contributed by atoms with van der Waals surface area (Å²) in [6, 6.07) is 0.426. The summed E-state index contributed by atoms with van der Waals surface area (Å²) in [7, 11) is 0. The number of hydrogen-bond donors (Lipinski definition) is 1. The summed E-state index contributed by atoms with van der Waals surface area (Å²) in [6.07, 6.45) is 2.99. The van der Waals surface area contributed by atoms with Crippen LogP contribution < -0.4 is 5.32 Å². The molecule has 1 amide bonds. The first-order valence-corrected chi connectivity index (χ1v) is 6.53. The predicted molar refractivity (Wildman–Crippen MR) is 56.9 cm³/mol. The van der Waals surface area contributed by atoms with Gasteiger partial charge in [0.2, 0.25) is 5.91 Å². The molecule has 0 aromatic carbocycles. The van der Waals surface area contributed by atoms with E-state index in [-0.39, 0.29) is 5.91 Å². The average molecular weight is 252 g/mol. The maximum Gasteiger partial charge on any atom is 0.221 e. The molecule has 1 aliphatic heterocycles. The minimum Gasteiger partial charge on any atom is -0.353 e. The molecule has 0 aromatic rings. The molecule has 0 aliphatic carbocycles. The highest BCUT2D eigenvalue weighted by Crippen LogP contribution is 2.16. The third-order valence-electron chi connectivity index (χ3n) is 1.85. The van der Waals surface area contributed by atoms with Crippen LogP contribution in [0.2, 0.25) is 0 Å². The molecular weight excluding hydrogens is 238 g/mol. The van der Waals surface area contributed by atoms with Gasteiger partial charge in [0, 0.05) is 23.5 Å². The second-order valence-corrected chi connectivity index (χ2v) is 4.86. The lowest BCUT2D eigenvalue weighted by molar-refractivity contribution is -0.121. The summed E-state index contributed by atoms with van der Waals surface area (Å²) in [5, 5.41) is 3.79. The van der Waals surface area contributed by atoms with Crippen LogP contribution in [0.1, 0.15) is 19.3 Å². The Morgan fingerprint density at radius 2 is 2.50 bits per heavy atom. The van der Waals surface area contributed by atoms with Crippen LogP contribution in [0.4, 0.5) is 0 Å². The molecule has 0 radical (unpaired) electrons. The molecule has 1 heterocycles. The molecule has 1 saturated heterocycles. The van der Waals surface area contributed by atoms with Crippen LogP contribution in [0.3, 0.4) is 0 Å². The van der Waals surface area contributed by atoms with Crippen molar-refractivity contribution in [3.8, 4) is 0 Å². The molecule has 70 valence electrons. The largest absolute Gasteiger partial charge is 0.353 e. The van der Waals surface area contributed by atoms with Crippen molar-refractivity contribution in [1.82, 2.24) is 5.32 Å². The maximum atomic E-state index is 11.2. The third kappa shape index (κ3) is 3.81. The van der Waals surface area contributed by atoms with Crippen molar-refractivity contribution in [1.29, 1.82) is 0 Å². The lowest BCUT2D eigenvalue weighted by Gasteiger charge is -2.22. The Kier molecular flexibility index (Phi) is 5.07. The number of rotatable bonds is 3. The van der Waals surface area contributed by atoms with Crippen molar-refractivity contribution in [2.75, 3.05) is 16.8 Å². The molecule has 0 saturated carbocycles. The summed E-state index contributed by atoms with van der Waals surface area (Å²) in [5.74, 6) is 2.53. The average Bonchev–Trinajstić information content (AvgIpc) is 2.06. The third-order valence-corrected chi connectivity index (χ3v) is 3.46. The molecule has 12 heavy (non-hydrogen) atoms. The van der Waals surface area contributed by atoms with E-state index in [2.05, 4.69) is 21.2 Å². The first kappa shape index (κ1) is 10.4. The Balaban J connectivity index is 2.15. The van der Waals surface area contributed by atoms with Gasteiger partial charge in [-0.05, 0) is 18.6 Å². The van der Waals surface area contributed by atoms with E-state index in [4.69, 9.17) is 0 Å². The van der Waals surface area contributed by atoms with Gasteiger partial charge < -0.3 is 5.32 Å². The summed E-state index contributed by atoms with van der Waals surface area (Å²) in [6.45, 7) is 0. The lowest BCUT2D eigenvalue weighted by atomic mass is 10.2. The van der Waals surface area contributed by atoms with Crippen molar-refractivity contribution in [2.24, 2.45) is 0 Å². The fourth-order valence-electron chi connectivity index (χ4n) is 1.24. The number of carbonyl (C=O) groups is 1. The van der Waals surface area contributed by atoms with E-state index in [0.717, 1.165) is 17.5 Å². The van der Waals surface area contributed by atoms with Crippen LogP contribution in [-0.4, -0.2) is 28.8 Å². The predicted octanol–water partition coefficient (Wildman–Crippen LogP) is 1.78. The van der Waals surface area contributed by atoms with Gasteiger partial charge in [0.15, 0.2) is 0 Å². The van der Waals surface area contributed by atoms with Gasteiger partial charge in [0.1, 0.15) is 0 Å². The Morgan fingerprint density at radius 3 is 3.08 bits per heavy atom. The molecule has 1 aliphatic rings. The number of thioether (sulfide) groups is 1. The molecule has 0 bridgehead atoms. The Hall–Kier alpha value is 0.300. The van der Waals surface area contributed by atoms with E-state index < -0.39 is 0 Å². The molecular formula is C8H14BrNOS. The van der Waals surface area contributed by atoms with E-state index in [0.29, 0.717) is 12.5 Å². The van der Waals surface area contributed by atoms with Crippen LogP contribution in [-0.2, 0) is 4.79 Å². The number of carbonyl (C=O) groups excluding carboxylic acids is 1. The molecule has 0 spiro atoms. The molecule has 1 atom stereocenters. The Morgan fingerprint density at radius 1 is 1.67 bits per heavy atom. The second-order valence-electron chi connectivity index (χ2n) is 2.92. The van der Waals surface area contributed by atoms with Gasteiger partial charge in [-0.1, -0.05) is 15.9 Å². The van der Waals surface area contributed by atoms with E-state index in [1.54, 1.807) is 0 Å². The van der Waals surface area contributed by atoms with Gasteiger partial charge in [-0.25, -0.2) is 0 Å². The fourth-order valence-corrected chi connectivity index (χ4v) is 2.67. The molecule has 1 unspecified atom stereocenters. The zero-order valence-corrected chi connectivity index (χ0v) is 9.42. The molecule has 0 aromatic heterocycles.